The van der Waals surface area contributed by atoms with Gasteiger partial charge in [-0.15, -0.1) is 11.6 Å². The molecule has 1 aliphatic carbocycles. The summed E-state index contributed by atoms with van der Waals surface area (Å²) in [5.41, 5.74) is 3.35. The van der Waals surface area contributed by atoms with Crippen LogP contribution in [0.4, 0.5) is 0 Å². The van der Waals surface area contributed by atoms with Crippen molar-refractivity contribution in [2.75, 3.05) is 0 Å². The van der Waals surface area contributed by atoms with Crippen LogP contribution in [0.2, 0.25) is 0 Å². The van der Waals surface area contributed by atoms with Crippen molar-refractivity contribution in [3.8, 4) is 0 Å². The Morgan fingerprint density at radius 1 is 1.25 bits per heavy atom. The van der Waals surface area contributed by atoms with E-state index in [4.69, 9.17) is 11.6 Å². The van der Waals surface area contributed by atoms with Gasteiger partial charge in [-0.05, 0) is 47.1 Å². The van der Waals surface area contributed by atoms with Crippen LogP contribution in [0.5, 0.6) is 0 Å². The highest BCUT2D eigenvalue weighted by molar-refractivity contribution is 6.21. The van der Waals surface area contributed by atoms with Gasteiger partial charge in [-0.1, -0.05) is 65.3 Å². The Labute approximate surface area is 129 Å². The lowest BCUT2D eigenvalue weighted by molar-refractivity contribution is 0.252. The van der Waals surface area contributed by atoms with Crippen LogP contribution in [-0.4, -0.2) is 0 Å². The molecule has 0 nitrogen and oxygen atoms in total. The predicted octanol–water partition coefficient (Wildman–Crippen LogP) is 6.48. The summed E-state index contributed by atoms with van der Waals surface area (Å²) in [5.74, 6) is 0.606. The number of hydrogen-bond acceptors (Lipinski definition) is 0. The van der Waals surface area contributed by atoms with Crippen molar-refractivity contribution in [1.29, 1.82) is 0 Å². The van der Waals surface area contributed by atoms with Gasteiger partial charge < -0.3 is 0 Å². The molecule has 0 bridgehead atoms. The molecule has 1 aromatic carbocycles. The van der Waals surface area contributed by atoms with E-state index in [1.165, 1.54) is 30.4 Å². The normalized spacial score (nSPS) is 23.8. The van der Waals surface area contributed by atoms with Gasteiger partial charge in [0.15, 0.2) is 0 Å². The first-order valence-corrected chi connectivity index (χ1v) is 8.46. The third-order valence-corrected chi connectivity index (χ3v) is 6.14. The van der Waals surface area contributed by atoms with E-state index in [1.807, 2.05) is 0 Å². The molecule has 1 aliphatic rings. The van der Waals surface area contributed by atoms with E-state index in [1.54, 1.807) is 0 Å². The first-order chi connectivity index (χ1) is 9.28. The fourth-order valence-corrected chi connectivity index (χ4v) is 4.06. The highest BCUT2D eigenvalue weighted by Crippen LogP contribution is 2.51. The van der Waals surface area contributed by atoms with Gasteiger partial charge in [-0.25, -0.2) is 0 Å². The smallest absolute Gasteiger partial charge is 0.0618 e. The number of rotatable bonds is 4. The molecular formula is C19H29Cl. The summed E-state index contributed by atoms with van der Waals surface area (Å²) >= 11 is 6.80. The summed E-state index contributed by atoms with van der Waals surface area (Å²) < 4.78 is 0. The van der Waals surface area contributed by atoms with Gasteiger partial charge >= 0.3 is 0 Å². The Hall–Kier alpha value is -0.490. The van der Waals surface area contributed by atoms with Crippen LogP contribution in [0.15, 0.2) is 24.3 Å². The Morgan fingerprint density at radius 3 is 2.30 bits per heavy atom. The van der Waals surface area contributed by atoms with E-state index < -0.39 is 0 Å². The highest BCUT2D eigenvalue weighted by atomic mass is 35.5. The summed E-state index contributed by atoms with van der Waals surface area (Å²) in [4.78, 5) is 0. The molecule has 0 radical (unpaired) electrons. The summed E-state index contributed by atoms with van der Waals surface area (Å²) in [6.45, 7) is 11.6. The molecule has 1 aromatic rings. The molecule has 112 valence electrons. The Bertz CT molecular complexity index is 441. The minimum atomic E-state index is 0.159. The van der Waals surface area contributed by atoms with Gasteiger partial charge in [0.05, 0.1) is 5.38 Å². The van der Waals surface area contributed by atoms with Crippen LogP contribution >= 0.6 is 11.6 Å². The molecule has 2 unspecified atom stereocenters. The van der Waals surface area contributed by atoms with Gasteiger partial charge in [0, 0.05) is 0 Å². The average Bonchev–Trinajstić information content (AvgIpc) is 2.77. The molecule has 0 saturated heterocycles. The lowest BCUT2D eigenvalue weighted by Gasteiger charge is -2.31. The molecule has 1 fully saturated rings. The molecule has 0 amide bonds. The minimum Gasteiger partial charge on any atom is -0.118 e. The van der Waals surface area contributed by atoms with Crippen molar-refractivity contribution in [2.24, 2.45) is 11.3 Å². The zero-order valence-electron chi connectivity index (χ0n) is 13.7. The van der Waals surface area contributed by atoms with Crippen LogP contribution < -0.4 is 0 Å². The molecule has 1 heteroatoms. The van der Waals surface area contributed by atoms with Crippen molar-refractivity contribution in [2.45, 2.75) is 71.1 Å². The molecule has 1 saturated carbocycles. The fraction of sp³-hybridized carbons (Fsp3) is 0.684. The number of alkyl halides is 1. The quantitative estimate of drug-likeness (QED) is 0.557. The average molecular weight is 293 g/mol. The second kappa shape index (κ2) is 5.72. The third-order valence-electron chi connectivity index (χ3n) is 5.59. The molecule has 0 heterocycles. The lowest BCUT2D eigenvalue weighted by atomic mass is 9.77. The number of halogens is 1. The minimum absolute atomic E-state index is 0.159. The predicted molar refractivity (Wildman–Crippen MR) is 89.5 cm³/mol. The Kier molecular flexibility index (Phi) is 4.54. The fourth-order valence-electron chi connectivity index (χ4n) is 3.45. The molecule has 2 rings (SSSR count). The Morgan fingerprint density at radius 2 is 1.85 bits per heavy atom. The van der Waals surface area contributed by atoms with E-state index >= 15 is 0 Å². The van der Waals surface area contributed by atoms with E-state index in [-0.39, 0.29) is 10.8 Å². The van der Waals surface area contributed by atoms with E-state index in [0.29, 0.717) is 11.3 Å². The molecular weight excluding hydrogens is 264 g/mol. The summed E-state index contributed by atoms with van der Waals surface area (Å²) in [6, 6.07) is 9.05. The maximum atomic E-state index is 6.80. The molecule has 0 N–H and O–H groups in total. The first kappa shape index (κ1) is 15.9. The largest absolute Gasteiger partial charge is 0.118 e. The maximum absolute atomic E-state index is 6.80. The van der Waals surface area contributed by atoms with Crippen LogP contribution in [0.3, 0.4) is 0 Å². The summed E-state index contributed by atoms with van der Waals surface area (Å²) in [6.07, 6.45) is 5.05. The first-order valence-electron chi connectivity index (χ1n) is 8.02. The van der Waals surface area contributed by atoms with Crippen LogP contribution in [-0.2, 0) is 5.41 Å². The maximum Gasteiger partial charge on any atom is 0.0618 e. The second-order valence-electron chi connectivity index (χ2n) is 7.75. The van der Waals surface area contributed by atoms with Crippen molar-refractivity contribution in [3.63, 3.8) is 0 Å². The molecule has 2 atom stereocenters. The SMILES string of the molecule is CCC(C)(C)c1ccc(C(Cl)C2CCCC2(C)C)cc1. The third kappa shape index (κ3) is 3.06. The van der Waals surface area contributed by atoms with E-state index in [2.05, 4.69) is 58.9 Å². The van der Waals surface area contributed by atoms with Gasteiger partial charge in [-0.2, -0.15) is 0 Å². The van der Waals surface area contributed by atoms with Gasteiger partial charge in [0.25, 0.3) is 0 Å². The molecule has 0 aliphatic heterocycles. The van der Waals surface area contributed by atoms with E-state index in [0.717, 1.165) is 6.42 Å². The topological polar surface area (TPSA) is 0 Å². The summed E-state index contributed by atoms with van der Waals surface area (Å²) in [7, 11) is 0. The van der Waals surface area contributed by atoms with Gasteiger partial charge in [0.1, 0.15) is 0 Å². The molecule has 0 spiro atoms. The van der Waals surface area contributed by atoms with Gasteiger partial charge in [-0.3, -0.25) is 0 Å². The van der Waals surface area contributed by atoms with Crippen LogP contribution in [0.25, 0.3) is 0 Å². The van der Waals surface area contributed by atoms with Crippen LogP contribution in [0, 0.1) is 11.3 Å². The standard InChI is InChI=1S/C19H29Cl/c1-6-18(2,3)15-11-9-14(10-12-15)17(20)16-8-7-13-19(16,4)5/h9-12,16-17H,6-8,13H2,1-5H3. The zero-order valence-corrected chi connectivity index (χ0v) is 14.4. The monoisotopic (exact) mass is 292 g/mol. The van der Waals surface area contributed by atoms with E-state index in [9.17, 15) is 0 Å². The van der Waals surface area contributed by atoms with Crippen molar-refractivity contribution < 1.29 is 0 Å². The van der Waals surface area contributed by atoms with Crippen LogP contribution in [0.1, 0.15) is 76.8 Å². The number of hydrogen-bond donors (Lipinski definition) is 0. The summed E-state index contributed by atoms with van der Waals surface area (Å²) in [5, 5.41) is 0.159. The van der Waals surface area contributed by atoms with Crippen molar-refractivity contribution in [1.82, 2.24) is 0 Å². The van der Waals surface area contributed by atoms with Crippen molar-refractivity contribution in [3.05, 3.63) is 35.4 Å². The highest BCUT2D eigenvalue weighted by Gasteiger charge is 2.39. The van der Waals surface area contributed by atoms with Crippen molar-refractivity contribution >= 4 is 11.6 Å². The zero-order chi connectivity index (χ0) is 15.0. The lowest BCUT2D eigenvalue weighted by Crippen LogP contribution is -2.21. The molecule has 20 heavy (non-hydrogen) atoms. The Balaban J connectivity index is 2.18. The second-order valence-corrected chi connectivity index (χ2v) is 8.22. The van der Waals surface area contributed by atoms with Gasteiger partial charge in [0.2, 0.25) is 0 Å². The number of benzene rings is 1. The molecule has 0 aromatic heterocycles.